The third-order valence-electron chi connectivity index (χ3n) is 1.62. The lowest BCUT2D eigenvalue weighted by atomic mass is 10.2. The number of ketones is 1. The molecule has 0 atom stereocenters. The number of carbonyl (C=O) groups excluding carboxylic acids is 1. The fourth-order valence-corrected chi connectivity index (χ4v) is 2.48. The van der Waals surface area contributed by atoms with Crippen molar-refractivity contribution >= 4 is 33.0 Å². The van der Waals surface area contributed by atoms with Gasteiger partial charge in [0.05, 0.1) is 6.54 Å². The molecule has 13 heavy (non-hydrogen) atoms. The predicted octanol–water partition coefficient (Wildman–Crippen LogP) is 2.23. The van der Waals surface area contributed by atoms with Crippen molar-refractivity contribution in [2.75, 3.05) is 13.1 Å². The standard InChI is InChI=1S/C9H12BrNOS/c1-2-11-6-7(12)5-9-8(10)3-4-13-9/h3-4,11H,2,5-6H2,1H3. The van der Waals surface area contributed by atoms with Crippen LogP contribution in [0.4, 0.5) is 0 Å². The highest BCUT2D eigenvalue weighted by Crippen LogP contribution is 2.22. The fourth-order valence-electron chi connectivity index (χ4n) is 0.957. The summed E-state index contributed by atoms with van der Waals surface area (Å²) < 4.78 is 1.04. The van der Waals surface area contributed by atoms with Gasteiger partial charge in [0.1, 0.15) is 0 Å². The van der Waals surface area contributed by atoms with Gasteiger partial charge in [-0.05, 0) is 33.9 Å². The van der Waals surface area contributed by atoms with Gasteiger partial charge in [-0.3, -0.25) is 4.79 Å². The number of halogens is 1. The molecule has 0 fully saturated rings. The van der Waals surface area contributed by atoms with E-state index in [0.717, 1.165) is 15.9 Å². The summed E-state index contributed by atoms with van der Waals surface area (Å²) in [5.74, 6) is 0.241. The summed E-state index contributed by atoms with van der Waals surface area (Å²) in [6, 6.07) is 1.97. The predicted molar refractivity (Wildman–Crippen MR) is 59.3 cm³/mol. The molecule has 0 aromatic carbocycles. The molecule has 0 unspecified atom stereocenters. The molecule has 0 bridgehead atoms. The minimum absolute atomic E-state index is 0.241. The first-order valence-electron chi connectivity index (χ1n) is 4.18. The maximum Gasteiger partial charge on any atom is 0.151 e. The van der Waals surface area contributed by atoms with Gasteiger partial charge in [-0.15, -0.1) is 11.3 Å². The van der Waals surface area contributed by atoms with Gasteiger partial charge in [-0.25, -0.2) is 0 Å². The fraction of sp³-hybridized carbons (Fsp3) is 0.444. The van der Waals surface area contributed by atoms with Crippen molar-refractivity contribution in [3.8, 4) is 0 Å². The first-order chi connectivity index (χ1) is 6.24. The van der Waals surface area contributed by atoms with Gasteiger partial charge in [0.2, 0.25) is 0 Å². The third-order valence-corrected chi connectivity index (χ3v) is 3.55. The van der Waals surface area contributed by atoms with Gasteiger partial charge in [-0.1, -0.05) is 6.92 Å². The van der Waals surface area contributed by atoms with E-state index in [1.807, 2.05) is 18.4 Å². The second-order valence-corrected chi connectivity index (χ2v) is 4.54. The Balaban J connectivity index is 2.41. The van der Waals surface area contributed by atoms with Gasteiger partial charge >= 0.3 is 0 Å². The van der Waals surface area contributed by atoms with Crippen molar-refractivity contribution in [3.05, 3.63) is 20.8 Å². The maximum atomic E-state index is 11.3. The van der Waals surface area contributed by atoms with E-state index < -0.39 is 0 Å². The smallest absolute Gasteiger partial charge is 0.151 e. The first-order valence-corrected chi connectivity index (χ1v) is 5.85. The number of Topliss-reactive ketones (excluding diaryl/α,β-unsaturated/α-hetero) is 1. The molecular weight excluding hydrogens is 250 g/mol. The maximum absolute atomic E-state index is 11.3. The molecule has 72 valence electrons. The molecule has 1 rings (SSSR count). The minimum atomic E-state index is 0.241. The van der Waals surface area contributed by atoms with Crippen LogP contribution in [0.15, 0.2) is 15.9 Å². The number of likely N-dealkylation sites (N-methyl/N-ethyl adjacent to an activating group) is 1. The molecule has 2 nitrogen and oxygen atoms in total. The summed E-state index contributed by atoms with van der Waals surface area (Å²) >= 11 is 5.02. The quantitative estimate of drug-likeness (QED) is 0.881. The van der Waals surface area contributed by atoms with Crippen molar-refractivity contribution < 1.29 is 4.79 Å². The van der Waals surface area contributed by atoms with Crippen LogP contribution in [0.2, 0.25) is 0 Å². The van der Waals surface area contributed by atoms with E-state index in [-0.39, 0.29) is 5.78 Å². The topological polar surface area (TPSA) is 29.1 Å². The molecule has 0 aliphatic heterocycles. The Labute approximate surface area is 90.5 Å². The Bertz CT molecular complexity index is 285. The van der Waals surface area contributed by atoms with Gasteiger partial charge in [0.25, 0.3) is 0 Å². The van der Waals surface area contributed by atoms with Crippen LogP contribution in [0.5, 0.6) is 0 Å². The Morgan fingerprint density at radius 1 is 1.69 bits per heavy atom. The molecule has 4 heteroatoms. The molecule has 0 saturated carbocycles. The second-order valence-electron chi connectivity index (χ2n) is 2.69. The molecule has 1 aromatic rings. The van der Waals surface area contributed by atoms with E-state index in [2.05, 4.69) is 21.2 Å². The van der Waals surface area contributed by atoms with Crippen molar-refractivity contribution in [1.82, 2.24) is 5.32 Å². The number of hydrogen-bond donors (Lipinski definition) is 1. The summed E-state index contributed by atoms with van der Waals surface area (Å²) in [4.78, 5) is 12.5. The SMILES string of the molecule is CCNCC(=O)Cc1sccc1Br. The molecule has 0 aliphatic carbocycles. The summed E-state index contributed by atoms with van der Waals surface area (Å²) in [6.45, 7) is 3.31. The molecule has 1 heterocycles. The molecule has 1 N–H and O–H groups in total. The first kappa shape index (κ1) is 10.9. The van der Waals surface area contributed by atoms with Crippen molar-refractivity contribution in [3.63, 3.8) is 0 Å². The zero-order valence-electron chi connectivity index (χ0n) is 7.47. The zero-order chi connectivity index (χ0) is 9.68. The summed E-state index contributed by atoms with van der Waals surface area (Å²) in [5.41, 5.74) is 0. The summed E-state index contributed by atoms with van der Waals surface area (Å²) in [7, 11) is 0. The molecule has 0 aliphatic rings. The zero-order valence-corrected chi connectivity index (χ0v) is 9.87. The largest absolute Gasteiger partial charge is 0.310 e. The van der Waals surface area contributed by atoms with Gasteiger partial charge in [-0.2, -0.15) is 0 Å². The van der Waals surface area contributed by atoms with Gasteiger partial charge in [0.15, 0.2) is 5.78 Å². The summed E-state index contributed by atoms with van der Waals surface area (Å²) in [5, 5.41) is 5.01. The third kappa shape index (κ3) is 3.58. The second kappa shape index (κ2) is 5.52. The van der Waals surface area contributed by atoms with E-state index in [1.165, 1.54) is 0 Å². The number of thiophene rings is 1. The average Bonchev–Trinajstić information content (AvgIpc) is 2.48. The number of rotatable bonds is 5. The van der Waals surface area contributed by atoms with Crippen LogP contribution in [0, 0.1) is 0 Å². The Kier molecular flexibility index (Phi) is 4.62. The van der Waals surface area contributed by atoms with E-state index in [9.17, 15) is 4.79 Å². The minimum Gasteiger partial charge on any atom is -0.310 e. The molecule has 0 spiro atoms. The monoisotopic (exact) mass is 261 g/mol. The highest BCUT2D eigenvalue weighted by Gasteiger charge is 2.06. The van der Waals surface area contributed by atoms with Crippen LogP contribution in [-0.4, -0.2) is 18.9 Å². The molecular formula is C9H12BrNOS. The van der Waals surface area contributed by atoms with Crippen LogP contribution >= 0.6 is 27.3 Å². The summed E-state index contributed by atoms with van der Waals surface area (Å²) in [6.07, 6.45) is 0.533. The molecule has 0 amide bonds. The van der Waals surface area contributed by atoms with E-state index in [4.69, 9.17) is 0 Å². The Morgan fingerprint density at radius 3 is 3.00 bits per heavy atom. The van der Waals surface area contributed by atoms with Crippen molar-refractivity contribution in [2.45, 2.75) is 13.3 Å². The molecule has 0 saturated heterocycles. The highest BCUT2D eigenvalue weighted by molar-refractivity contribution is 9.10. The lowest BCUT2D eigenvalue weighted by Crippen LogP contribution is -2.23. The number of carbonyl (C=O) groups is 1. The van der Waals surface area contributed by atoms with Crippen molar-refractivity contribution in [1.29, 1.82) is 0 Å². The van der Waals surface area contributed by atoms with E-state index >= 15 is 0 Å². The molecule has 0 radical (unpaired) electrons. The van der Waals surface area contributed by atoms with Gasteiger partial charge < -0.3 is 5.32 Å². The van der Waals surface area contributed by atoms with Crippen LogP contribution in [0.25, 0.3) is 0 Å². The normalized spacial score (nSPS) is 10.3. The Hall–Kier alpha value is -0.190. The average molecular weight is 262 g/mol. The van der Waals surface area contributed by atoms with E-state index in [0.29, 0.717) is 13.0 Å². The molecule has 1 aromatic heterocycles. The highest BCUT2D eigenvalue weighted by atomic mass is 79.9. The lowest BCUT2D eigenvalue weighted by molar-refractivity contribution is -0.117. The van der Waals surface area contributed by atoms with Gasteiger partial charge in [0, 0.05) is 15.8 Å². The van der Waals surface area contributed by atoms with Crippen LogP contribution in [0.1, 0.15) is 11.8 Å². The number of hydrogen-bond acceptors (Lipinski definition) is 3. The number of nitrogens with one attached hydrogen (secondary N) is 1. The van der Waals surface area contributed by atoms with Crippen molar-refractivity contribution in [2.24, 2.45) is 0 Å². The Morgan fingerprint density at radius 2 is 2.46 bits per heavy atom. The van der Waals surface area contributed by atoms with Crippen LogP contribution < -0.4 is 5.32 Å². The van der Waals surface area contributed by atoms with Crippen LogP contribution in [0.3, 0.4) is 0 Å². The van der Waals surface area contributed by atoms with E-state index in [1.54, 1.807) is 11.3 Å². The lowest BCUT2D eigenvalue weighted by Gasteiger charge is -1.99. The van der Waals surface area contributed by atoms with Crippen LogP contribution in [-0.2, 0) is 11.2 Å².